The maximum atomic E-state index is 13.6. The summed E-state index contributed by atoms with van der Waals surface area (Å²) in [5.41, 5.74) is 1.47. The monoisotopic (exact) mass is 689 g/mol. The zero-order valence-electron chi connectivity index (χ0n) is 24.5. The minimum absolute atomic E-state index is 0. The number of fused-ring (bicyclic) bond motifs is 7. The van der Waals surface area contributed by atoms with Crippen molar-refractivity contribution in [3.63, 3.8) is 0 Å². The van der Waals surface area contributed by atoms with E-state index in [0.717, 1.165) is 48.6 Å². The van der Waals surface area contributed by atoms with Gasteiger partial charge in [-0.1, -0.05) is 66.7 Å². The Labute approximate surface area is 309 Å². The summed E-state index contributed by atoms with van der Waals surface area (Å²) in [5, 5.41) is 31.9. The average Bonchev–Trinajstić information content (AvgIpc) is 2.97. The van der Waals surface area contributed by atoms with E-state index < -0.39 is 20.8 Å². The smallest absolute Gasteiger partial charge is 0.759 e. The number of hydrogen-bond acceptors (Lipinski definition) is 11. The molecule has 0 aliphatic carbocycles. The van der Waals surface area contributed by atoms with Crippen LogP contribution in [0.2, 0.25) is 0 Å². The van der Waals surface area contributed by atoms with Crippen molar-refractivity contribution < 1.29 is 104 Å². The normalized spacial score (nSPS) is 11.7. The summed E-state index contributed by atoms with van der Waals surface area (Å²) >= 11 is 0. The molecule has 0 unspecified atom stereocenters. The molecule has 0 saturated carbocycles. The Morgan fingerprint density at radius 3 is 1.40 bits per heavy atom. The minimum Gasteiger partial charge on any atom is -0.759 e. The Bertz CT molecular complexity index is 2740. The summed E-state index contributed by atoms with van der Waals surface area (Å²) in [6.07, 6.45) is 0. The second-order valence-electron chi connectivity index (χ2n) is 10.0. The van der Waals surface area contributed by atoms with Gasteiger partial charge in [0.15, 0.2) is 5.43 Å². The predicted octanol–water partition coefficient (Wildman–Crippen LogP) is -1.37. The van der Waals surface area contributed by atoms with Gasteiger partial charge >= 0.3 is 59.1 Å². The number of H-pyrrole nitrogens is 1. The fourth-order valence-corrected chi connectivity index (χ4v) is 6.01. The van der Waals surface area contributed by atoms with E-state index in [0.29, 0.717) is 27.1 Å². The molecule has 16 heteroatoms. The number of aromatic nitrogens is 1. The van der Waals surface area contributed by atoms with Gasteiger partial charge in [0.25, 0.3) is 0 Å². The number of pyridine rings is 1. The zero-order chi connectivity index (χ0) is 32.4. The predicted molar refractivity (Wildman–Crippen MR) is 165 cm³/mol. The van der Waals surface area contributed by atoms with Gasteiger partial charge < -0.3 is 33.4 Å². The average molecular weight is 690 g/mol. The maximum absolute atomic E-state index is 13.6. The molecular weight excluding hydrogens is 672 g/mol. The number of aromatic hydroxyl groups is 2. The van der Waals surface area contributed by atoms with Gasteiger partial charge in [0.2, 0.25) is 0 Å². The van der Waals surface area contributed by atoms with Crippen molar-refractivity contribution in [3.05, 3.63) is 95.2 Å². The standard InChI is InChI=1S/C31H17NO3.2Na.2H2O4S/c33-29-19-6-2-1-5-15(19)16-13-14-24-26-17(9-11-22(29)25(16)26)18-10-12-23-27(28(18)32-24)31(35)21-8-4-3-7-20(21)30(23)34;;;2*1-5(2,3)4/h1-14,32-34H;;;2*(H2,1,2,3,4)/q;2*+1;;/p-4. The summed E-state index contributed by atoms with van der Waals surface area (Å²) in [6.45, 7) is 0. The summed E-state index contributed by atoms with van der Waals surface area (Å²) in [7, 11) is -10.3. The number of nitrogens with one attached hydrogen (secondary N) is 1. The van der Waals surface area contributed by atoms with Crippen LogP contribution in [0.5, 0.6) is 11.5 Å². The zero-order valence-corrected chi connectivity index (χ0v) is 30.1. The summed E-state index contributed by atoms with van der Waals surface area (Å²) in [4.78, 5) is 17.1. The molecule has 0 bridgehead atoms. The van der Waals surface area contributed by atoms with Crippen LogP contribution < -0.4 is 64.5 Å². The van der Waals surface area contributed by atoms with E-state index in [4.69, 9.17) is 35.0 Å². The van der Waals surface area contributed by atoms with Gasteiger partial charge in [0.1, 0.15) is 11.5 Å². The molecule has 0 aliphatic heterocycles. The molecule has 12 nitrogen and oxygen atoms in total. The van der Waals surface area contributed by atoms with Crippen LogP contribution in [-0.2, 0) is 20.8 Å². The third-order valence-corrected chi connectivity index (χ3v) is 7.55. The number of phenolic OH excluding ortho intramolecular Hbond substituents is 2. The molecule has 0 fully saturated rings. The van der Waals surface area contributed by atoms with Crippen LogP contribution in [0.1, 0.15) is 0 Å². The first-order valence-corrected chi connectivity index (χ1v) is 15.5. The van der Waals surface area contributed by atoms with Gasteiger partial charge in [-0.15, -0.1) is 0 Å². The van der Waals surface area contributed by atoms with Gasteiger partial charge in [-0.25, -0.2) is 0 Å². The Balaban J connectivity index is 0.000000369. The second kappa shape index (κ2) is 13.4. The summed E-state index contributed by atoms with van der Waals surface area (Å²) in [5.74, 6) is 0.395. The largest absolute Gasteiger partial charge is 1.00 e. The molecule has 0 radical (unpaired) electrons. The first kappa shape index (κ1) is 36.7. The molecule has 8 aromatic rings. The van der Waals surface area contributed by atoms with Crippen LogP contribution in [0.25, 0.3) is 75.7 Å². The van der Waals surface area contributed by atoms with E-state index in [1.807, 2.05) is 66.7 Å². The van der Waals surface area contributed by atoms with Crippen LogP contribution in [0, 0.1) is 0 Å². The summed E-state index contributed by atoms with van der Waals surface area (Å²) in [6, 6.07) is 27.0. The molecular formula is C31H17NNa2O11S2-2. The SMILES string of the molecule is O=S(=O)([O-])[O-].O=S(=O)([O-])[O-].O=c1c2ccccc2c(O)c2ccc3c4ccc5c(O)c6ccccc6c6ccc([nH]c3c12)c4c56.[Na+].[Na+]. The Kier molecular flexibility index (Phi) is 10.5. The first-order valence-electron chi connectivity index (χ1n) is 12.9. The van der Waals surface area contributed by atoms with Crippen molar-refractivity contribution in [1.29, 1.82) is 0 Å². The number of aromatic amines is 1. The van der Waals surface area contributed by atoms with E-state index in [1.54, 1.807) is 12.1 Å². The molecule has 228 valence electrons. The van der Waals surface area contributed by atoms with Crippen molar-refractivity contribution in [1.82, 2.24) is 4.98 Å². The van der Waals surface area contributed by atoms with Crippen molar-refractivity contribution in [2.24, 2.45) is 0 Å². The van der Waals surface area contributed by atoms with Crippen LogP contribution in [-0.4, -0.2) is 50.2 Å². The van der Waals surface area contributed by atoms with E-state index in [-0.39, 0.29) is 76.0 Å². The van der Waals surface area contributed by atoms with Crippen LogP contribution in [0.3, 0.4) is 0 Å². The molecule has 7 aromatic carbocycles. The molecule has 47 heavy (non-hydrogen) atoms. The van der Waals surface area contributed by atoms with Crippen molar-refractivity contribution in [3.8, 4) is 11.5 Å². The van der Waals surface area contributed by atoms with Crippen molar-refractivity contribution in [2.45, 2.75) is 0 Å². The number of benzene rings is 7. The molecule has 1 heterocycles. The Hall–Kier alpha value is -3.09. The minimum atomic E-state index is -5.17. The van der Waals surface area contributed by atoms with E-state index in [1.165, 1.54) is 0 Å². The molecule has 8 rings (SSSR count). The Morgan fingerprint density at radius 2 is 0.851 bits per heavy atom. The number of rotatable bonds is 0. The summed E-state index contributed by atoms with van der Waals surface area (Å²) < 4.78 is 68.2. The van der Waals surface area contributed by atoms with Crippen LogP contribution >= 0.6 is 0 Å². The number of hydrogen-bond donors (Lipinski definition) is 3. The third-order valence-electron chi connectivity index (χ3n) is 7.55. The van der Waals surface area contributed by atoms with Crippen LogP contribution in [0.15, 0.2) is 89.7 Å². The quantitative estimate of drug-likeness (QED) is 0.0552. The molecule has 3 N–H and O–H groups in total. The van der Waals surface area contributed by atoms with E-state index >= 15 is 0 Å². The second-order valence-corrected chi connectivity index (χ2v) is 11.7. The molecule has 0 aliphatic rings. The third kappa shape index (κ3) is 6.91. The number of phenols is 2. The molecule has 0 spiro atoms. The van der Waals surface area contributed by atoms with E-state index in [9.17, 15) is 15.0 Å². The van der Waals surface area contributed by atoms with Gasteiger partial charge in [0, 0.05) is 69.4 Å². The fourth-order valence-electron chi connectivity index (χ4n) is 6.01. The van der Waals surface area contributed by atoms with E-state index in [2.05, 4.69) is 11.1 Å². The van der Waals surface area contributed by atoms with Crippen molar-refractivity contribution in [2.75, 3.05) is 0 Å². The molecule has 0 atom stereocenters. The van der Waals surface area contributed by atoms with Gasteiger partial charge in [-0.05, 0) is 34.4 Å². The maximum Gasteiger partial charge on any atom is 1.00 e. The first-order chi connectivity index (χ1) is 21.1. The molecule has 0 saturated heterocycles. The van der Waals surface area contributed by atoms with Crippen molar-refractivity contribution >= 4 is 96.5 Å². The molecule has 0 amide bonds. The van der Waals surface area contributed by atoms with Gasteiger partial charge in [0.05, 0.1) is 10.9 Å². The van der Waals surface area contributed by atoms with Crippen LogP contribution in [0.4, 0.5) is 0 Å². The topological polar surface area (TPSA) is 234 Å². The Morgan fingerprint density at radius 1 is 0.468 bits per heavy atom. The molecule has 1 aromatic heterocycles. The fraction of sp³-hybridized carbons (Fsp3) is 0. The van der Waals surface area contributed by atoms with Gasteiger partial charge in [-0.3, -0.25) is 21.6 Å². The van der Waals surface area contributed by atoms with Gasteiger partial charge in [-0.2, -0.15) is 0 Å².